The Labute approximate surface area is 126 Å². The molecule has 1 heterocycles. The third-order valence-corrected chi connectivity index (χ3v) is 3.70. The summed E-state index contributed by atoms with van der Waals surface area (Å²) in [6, 6.07) is 3.75. The van der Waals surface area contributed by atoms with Gasteiger partial charge in [0.1, 0.15) is 0 Å². The van der Waals surface area contributed by atoms with Crippen molar-refractivity contribution in [2.45, 2.75) is 40.0 Å². The van der Waals surface area contributed by atoms with Gasteiger partial charge in [0.2, 0.25) is 5.88 Å². The maximum atomic E-state index is 10.8. The molecule has 0 aromatic carbocycles. The van der Waals surface area contributed by atoms with E-state index in [-0.39, 0.29) is 11.8 Å². The number of nitrogens with zero attached hydrogens (tertiary/aromatic N) is 1. The van der Waals surface area contributed by atoms with E-state index in [0.717, 1.165) is 18.7 Å². The Morgan fingerprint density at radius 1 is 1.43 bits per heavy atom. The van der Waals surface area contributed by atoms with E-state index in [1.165, 1.54) is 0 Å². The van der Waals surface area contributed by atoms with Gasteiger partial charge in [0.25, 0.3) is 0 Å². The lowest BCUT2D eigenvalue weighted by atomic mass is 9.76. The lowest BCUT2D eigenvalue weighted by molar-refractivity contribution is -0.137. The average Bonchev–Trinajstić information content (AvgIpc) is 2.41. The highest BCUT2D eigenvalue weighted by Crippen LogP contribution is 2.32. The average molecular weight is 294 g/mol. The Hall–Kier alpha value is -1.78. The number of rotatable bonds is 8. The van der Waals surface area contributed by atoms with Gasteiger partial charge in [-0.3, -0.25) is 4.79 Å². The number of hydrogen-bond donors (Lipinski definition) is 2. The molecule has 0 saturated heterocycles. The SMILES string of the molecule is COc1cc(NCCC(CCC(=O)O)C(C)(C)C)ccn1. The Morgan fingerprint density at radius 2 is 2.14 bits per heavy atom. The summed E-state index contributed by atoms with van der Waals surface area (Å²) in [4.78, 5) is 14.8. The van der Waals surface area contributed by atoms with Crippen molar-refractivity contribution in [2.75, 3.05) is 19.0 Å². The van der Waals surface area contributed by atoms with Crippen LogP contribution < -0.4 is 10.1 Å². The monoisotopic (exact) mass is 294 g/mol. The minimum atomic E-state index is -0.726. The van der Waals surface area contributed by atoms with E-state index in [1.54, 1.807) is 13.3 Å². The number of aromatic nitrogens is 1. The molecule has 1 unspecified atom stereocenters. The first-order valence-corrected chi connectivity index (χ1v) is 7.28. The first-order valence-electron chi connectivity index (χ1n) is 7.28. The highest BCUT2D eigenvalue weighted by molar-refractivity contribution is 5.66. The molecule has 1 aromatic heterocycles. The van der Waals surface area contributed by atoms with Gasteiger partial charge < -0.3 is 15.2 Å². The third-order valence-electron chi connectivity index (χ3n) is 3.70. The summed E-state index contributed by atoms with van der Waals surface area (Å²) in [6.07, 6.45) is 3.57. The van der Waals surface area contributed by atoms with Gasteiger partial charge in [0.15, 0.2) is 0 Å². The number of methoxy groups -OCH3 is 1. The fraction of sp³-hybridized carbons (Fsp3) is 0.625. The molecule has 5 heteroatoms. The van der Waals surface area contributed by atoms with Crippen LogP contribution in [-0.4, -0.2) is 29.7 Å². The van der Waals surface area contributed by atoms with Gasteiger partial charge in [0, 0.05) is 30.9 Å². The highest BCUT2D eigenvalue weighted by atomic mass is 16.5. The second-order valence-electron chi connectivity index (χ2n) is 6.30. The zero-order valence-electron chi connectivity index (χ0n) is 13.3. The number of hydrogen-bond acceptors (Lipinski definition) is 4. The molecular formula is C16H26N2O3. The molecule has 0 fully saturated rings. The number of carbonyl (C=O) groups is 1. The second-order valence-corrected chi connectivity index (χ2v) is 6.30. The van der Waals surface area contributed by atoms with E-state index in [1.807, 2.05) is 12.1 Å². The van der Waals surface area contributed by atoms with Crippen molar-refractivity contribution in [3.63, 3.8) is 0 Å². The van der Waals surface area contributed by atoms with E-state index in [0.29, 0.717) is 18.2 Å². The van der Waals surface area contributed by atoms with Crippen molar-refractivity contribution in [1.29, 1.82) is 0 Å². The third kappa shape index (κ3) is 6.47. The number of carboxylic acid groups (broad SMARTS) is 1. The summed E-state index contributed by atoms with van der Waals surface area (Å²) in [5.41, 5.74) is 1.07. The quantitative estimate of drug-likeness (QED) is 0.768. The van der Waals surface area contributed by atoms with E-state index < -0.39 is 5.97 Å². The molecule has 0 aliphatic rings. The van der Waals surface area contributed by atoms with Crippen LogP contribution in [0.3, 0.4) is 0 Å². The molecule has 1 aromatic rings. The highest BCUT2D eigenvalue weighted by Gasteiger charge is 2.24. The predicted molar refractivity (Wildman–Crippen MR) is 83.7 cm³/mol. The topological polar surface area (TPSA) is 71.5 Å². The molecule has 1 atom stereocenters. The van der Waals surface area contributed by atoms with Crippen LogP contribution in [0, 0.1) is 11.3 Å². The maximum absolute atomic E-state index is 10.8. The van der Waals surface area contributed by atoms with Gasteiger partial charge >= 0.3 is 5.97 Å². The molecule has 0 spiro atoms. The lowest BCUT2D eigenvalue weighted by Gasteiger charge is -2.30. The molecule has 2 N–H and O–H groups in total. The van der Waals surface area contributed by atoms with Gasteiger partial charge in [0.05, 0.1) is 7.11 Å². The molecular weight excluding hydrogens is 268 g/mol. The zero-order chi connectivity index (χ0) is 15.9. The van der Waals surface area contributed by atoms with Crippen molar-refractivity contribution < 1.29 is 14.6 Å². The molecule has 0 saturated carbocycles. The number of aliphatic carboxylic acids is 1. The first-order chi connectivity index (χ1) is 9.82. The van der Waals surface area contributed by atoms with Crippen molar-refractivity contribution >= 4 is 11.7 Å². The smallest absolute Gasteiger partial charge is 0.303 e. The molecule has 1 rings (SSSR count). The predicted octanol–water partition coefficient (Wildman–Crippen LogP) is 3.42. The van der Waals surface area contributed by atoms with E-state index >= 15 is 0 Å². The molecule has 0 aliphatic carbocycles. The van der Waals surface area contributed by atoms with Crippen LogP contribution in [0.5, 0.6) is 5.88 Å². The van der Waals surface area contributed by atoms with Crippen LogP contribution in [0.15, 0.2) is 18.3 Å². The van der Waals surface area contributed by atoms with E-state index in [9.17, 15) is 4.79 Å². The van der Waals surface area contributed by atoms with Gasteiger partial charge in [-0.05, 0) is 30.2 Å². The molecule has 0 aliphatic heterocycles. The summed E-state index contributed by atoms with van der Waals surface area (Å²) in [5, 5.41) is 12.2. The fourth-order valence-electron chi connectivity index (χ4n) is 2.33. The van der Waals surface area contributed by atoms with Crippen LogP contribution in [0.4, 0.5) is 5.69 Å². The minimum absolute atomic E-state index is 0.104. The van der Waals surface area contributed by atoms with Crippen LogP contribution in [-0.2, 0) is 4.79 Å². The Bertz CT molecular complexity index is 455. The van der Waals surface area contributed by atoms with Crippen molar-refractivity contribution in [2.24, 2.45) is 11.3 Å². The van der Waals surface area contributed by atoms with Gasteiger partial charge in [-0.15, -0.1) is 0 Å². The van der Waals surface area contributed by atoms with Gasteiger partial charge in [-0.1, -0.05) is 20.8 Å². The summed E-state index contributed by atoms with van der Waals surface area (Å²) in [5.74, 6) is 0.221. The molecule has 0 bridgehead atoms. The van der Waals surface area contributed by atoms with Crippen LogP contribution >= 0.6 is 0 Å². The van der Waals surface area contributed by atoms with Crippen molar-refractivity contribution in [3.05, 3.63) is 18.3 Å². The molecule has 0 radical (unpaired) electrons. The molecule has 118 valence electrons. The number of ether oxygens (including phenoxy) is 1. The summed E-state index contributed by atoms with van der Waals surface area (Å²) >= 11 is 0. The summed E-state index contributed by atoms with van der Waals surface area (Å²) in [6.45, 7) is 7.29. The van der Waals surface area contributed by atoms with Gasteiger partial charge in [-0.2, -0.15) is 0 Å². The summed E-state index contributed by atoms with van der Waals surface area (Å²) in [7, 11) is 1.59. The van der Waals surface area contributed by atoms with Gasteiger partial charge in [-0.25, -0.2) is 4.98 Å². The first kappa shape index (κ1) is 17.3. The molecule has 5 nitrogen and oxygen atoms in total. The van der Waals surface area contributed by atoms with Crippen LogP contribution in [0.1, 0.15) is 40.0 Å². The van der Waals surface area contributed by atoms with Crippen LogP contribution in [0.2, 0.25) is 0 Å². The number of anilines is 1. The van der Waals surface area contributed by atoms with Crippen molar-refractivity contribution in [1.82, 2.24) is 4.98 Å². The standard InChI is InChI=1S/C16H26N2O3/c1-16(2,3)12(5-6-15(19)20)7-9-17-13-8-10-18-14(11-13)21-4/h8,10-12H,5-7,9H2,1-4H3,(H,17,18)(H,19,20). The van der Waals surface area contributed by atoms with E-state index in [2.05, 4.69) is 31.1 Å². The normalized spacial score (nSPS) is 12.8. The maximum Gasteiger partial charge on any atom is 0.303 e. The number of carboxylic acids is 1. The lowest BCUT2D eigenvalue weighted by Crippen LogP contribution is -2.24. The minimum Gasteiger partial charge on any atom is -0.481 e. The van der Waals surface area contributed by atoms with Crippen molar-refractivity contribution in [3.8, 4) is 5.88 Å². The Morgan fingerprint density at radius 3 is 2.71 bits per heavy atom. The number of pyridine rings is 1. The molecule has 0 amide bonds. The Balaban J connectivity index is 2.50. The number of nitrogens with one attached hydrogen (secondary N) is 1. The molecule has 21 heavy (non-hydrogen) atoms. The van der Waals surface area contributed by atoms with Crippen LogP contribution in [0.25, 0.3) is 0 Å². The van der Waals surface area contributed by atoms with E-state index in [4.69, 9.17) is 9.84 Å². The fourth-order valence-corrected chi connectivity index (χ4v) is 2.33. The Kier molecular flexibility index (Phi) is 6.46. The zero-order valence-corrected chi connectivity index (χ0v) is 13.3. The largest absolute Gasteiger partial charge is 0.481 e. The summed E-state index contributed by atoms with van der Waals surface area (Å²) < 4.78 is 5.09. The second kappa shape index (κ2) is 7.86.